The van der Waals surface area contributed by atoms with E-state index in [1.165, 1.54) is 5.56 Å². The Kier molecular flexibility index (Phi) is 9.37. The van der Waals surface area contributed by atoms with Crippen molar-refractivity contribution in [3.05, 3.63) is 83.2 Å². The minimum absolute atomic E-state index is 0.0678. The summed E-state index contributed by atoms with van der Waals surface area (Å²) >= 11 is 4.44. The zero-order chi connectivity index (χ0) is 29.6. The number of aromatic nitrogens is 6. The van der Waals surface area contributed by atoms with Crippen LogP contribution in [-0.2, 0) is 24.3 Å². The summed E-state index contributed by atoms with van der Waals surface area (Å²) in [4.78, 5) is 18.0. The van der Waals surface area contributed by atoms with Crippen LogP contribution in [-0.4, -0.2) is 41.8 Å². The van der Waals surface area contributed by atoms with Gasteiger partial charge in [-0.1, -0.05) is 81.8 Å². The van der Waals surface area contributed by atoms with E-state index in [2.05, 4.69) is 113 Å². The van der Waals surface area contributed by atoms with Gasteiger partial charge in [0.25, 0.3) is 0 Å². The number of carbonyl (C=O) groups excluding carboxylic acids is 1. The molecule has 9 heteroatoms. The van der Waals surface area contributed by atoms with Gasteiger partial charge in [-0.05, 0) is 58.4 Å². The van der Waals surface area contributed by atoms with Crippen molar-refractivity contribution in [2.45, 2.75) is 60.0 Å². The lowest BCUT2D eigenvalue weighted by Crippen LogP contribution is -2.34. The van der Waals surface area contributed by atoms with Crippen molar-refractivity contribution >= 4 is 29.6 Å². The van der Waals surface area contributed by atoms with E-state index in [4.69, 9.17) is 4.98 Å². The fourth-order valence-corrected chi connectivity index (χ4v) is 6.04. The van der Waals surface area contributed by atoms with Crippen LogP contribution in [0, 0.1) is 18.8 Å². The molecular weight excluding hydrogens is 542 g/mol. The number of fused-ring (bicyclic) bond motifs is 1. The first-order valence-electron chi connectivity index (χ1n) is 14.7. The lowest BCUT2D eigenvalue weighted by Gasteiger charge is -2.20. The van der Waals surface area contributed by atoms with Crippen molar-refractivity contribution < 1.29 is 4.79 Å². The summed E-state index contributed by atoms with van der Waals surface area (Å²) < 4.78 is 2.33. The Bertz CT molecular complexity index is 1640. The number of H-pyrrole nitrogens is 1. The quantitative estimate of drug-likeness (QED) is 0.148. The zero-order valence-electron chi connectivity index (χ0n) is 24.8. The SMILES string of the molecule is CCCc1nc2c(C)cc(CNC(=O)C(CS)C(C)CC)cc2n1Cc1ccc(-c2ccccc2-c2nn[nH]n2)cc1. The lowest BCUT2D eigenvalue weighted by atomic mass is 9.92. The molecule has 0 saturated heterocycles. The van der Waals surface area contributed by atoms with E-state index in [1.807, 2.05) is 18.2 Å². The molecule has 2 unspecified atom stereocenters. The summed E-state index contributed by atoms with van der Waals surface area (Å²) in [6.45, 7) is 9.71. The average Bonchev–Trinajstić information content (AvgIpc) is 3.66. The molecule has 3 aromatic carbocycles. The number of tetrazole rings is 1. The molecule has 0 aliphatic heterocycles. The number of hydrogen-bond acceptors (Lipinski definition) is 6. The van der Waals surface area contributed by atoms with Crippen LogP contribution in [0.4, 0.5) is 0 Å². The van der Waals surface area contributed by atoms with Crippen molar-refractivity contribution in [3.8, 4) is 22.5 Å². The largest absolute Gasteiger partial charge is 0.352 e. The number of rotatable bonds is 12. The van der Waals surface area contributed by atoms with Crippen LogP contribution < -0.4 is 5.32 Å². The van der Waals surface area contributed by atoms with Crippen LogP contribution in [0.3, 0.4) is 0 Å². The van der Waals surface area contributed by atoms with Gasteiger partial charge in [-0.25, -0.2) is 4.98 Å². The van der Waals surface area contributed by atoms with E-state index in [-0.39, 0.29) is 11.8 Å². The molecule has 42 heavy (non-hydrogen) atoms. The third-order valence-corrected chi connectivity index (χ3v) is 8.50. The zero-order valence-corrected chi connectivity index (χ0v) is 25.7. The third-order valence-electron chi connectivity index (χ3n) is 8.11. The molecule has 0 bridgehead atoms. The topological polar surface area (TPSA) is 101 Å². The van der Waals surface area contributed by atoms with E-state index in [0.29, 0.717) is 30.6 Å². The number of hydrogen-bond donors (Lipinski definition) is 3. The summed E-state index contributed by atoms with van der Waals surface area (Å²) in [6.07, 6.45) is 2.86. The van der Waals surface area contributed by atoms with Gasteiger partial charge in [0.05, 0.1) is 11.0 Å². The number of nitrogens with one attached hydrogen (secondary N) is 2. The lowest BCUT2D eigenvalue weighted by molar-refractivity contribution is -0.125. The molecule has 5 aromatic rings. The van der Waals surface area contributed by atoms with E-state index < -0.39 is 0 Å². The van der Waals surface area contributed by atoms with Gasteiger partial charge in [-0.3, -0.25) is 4.79 Å². The molecular formula is C33H39N7OS. The number of benzene rings is 3. The van der Waals surface area contributed by atoms with Gasteiger partial charge in [0.15, 0.2) is 0 Å². The van der Waals surface area contributed by atoms with E-state index in [9.17, 15) is 4.79 Å². The first kappa shape index (κ1) is 29.5. The molecule has 1 amide bonds. The van der Waals surface area contributed by atoms with Crippen LogP contribution in [0.2, 0.25) is 0 Å². The average molecular weight is 582 g/mol. The maximum absolute atomic E-state index is 12.9. The van der Waals surface area contributed by atoms with Crippen LogP contribution in [0.15, 0.2) is 60.7 Å². The second-order valence-electron chi connectivity index (χ2n) is 11.0. The molecule has 2 N–H and O–H groups in total. The number of aromatic amines is 1. The van der Waals surface area contributed by atoms with Gasteiger partial charge in [0.1, 0.15) is 5.82 Å². The highest BCUT2D eigenvalue weighted by molar-refractivity contribution is 7.80. The Balaban J connectivity index is 1.42. The van der Waals surface area contributed by atoms with Crippen LogP contribution >= 0.6 is 12.6 Å². The highest BCUT2D eigenvalue weighted by Gasteiger charge is 2.22. The Hall–Kier alpha value is -3.98. The molecule has 2 atom stereocenters. The van der Waals surface area contributed by atoms with E-state index in [0.717, 1.165) is 63.9 Å². The molecule has 0 aliphatic carbocycles. The summed E-state index contributed by atoms with van der Waals surface area (Å²) in [5, 5.41) is 17.8. The molecule has 0 saturated carbocycles. The van der Waals surface area contributed by atoms with Crippen LogP contribution in [0.1, 0.15) is 56.1 Å². The summed E-state index contributed by atoms with van der Waals surface area (Å²) in [7, 11) is 0. The smallest absolute Gasteiger partial charge is 0.224 e. The van der Waals surface area contributed by atoms with Crippen LogP contribution in [0.5, 0.6) is 0 Å². The van der Waals surface area contributed by atoms with E-state index in [1.54, 1.807) is 0 Å². The number of amides is 1. The normalized spacial score (nSPS) is 12.9. The van der Waals surface area contributed by atoms with Gasteiger partial charge in [0, 0.05) is 36.7 Å². The standard InChI is InChI=1S/C33H39N7OS/c1-5-9-30-35-31-22(4)16-24(18-34-33(41)28(20-42)21(3)6-2)17-29(31)40(30)19-23-12-14-25(15-13-23)26-10-7-8-11-27(26)32-36-38-39-37-32/h7-8,10-17,21,28,42H,5-6,9,18-20H2,1-4H3,(H,34,41)(H,36,37,38,39). The molecule has 2 heterocycles. The minimum Gasteiger partial charge on any atom is -0.352 e. The molecule has 5 rings (SSSR count). The van der Waals surface area contributed by atoms with Gasteiger partial charge in [-0.2, -0.15) is 17.8 Å². The summed E-state index contributed by atoms with van der Waals surface area (Å²) in [5.74, 6) is 2.48. The van der Waals surface area contributed by atoms with Crippen molar-refractivity contribution in [1.29, 1.82) is 0 Å². The molecule has 218 valence electrons. The summed E-state index contributed by atoms with van der Waals surface area (Å²) in [6, 6.07) is 21.1. The number of nitrogens with zero attached hydrogens (tertiary/aromatic N) is 5. The molecule has 0 fully saturated rings. The highest BCUT2D eigenvalue weighted by atomic mass is 32.1. The van der Waals surface area contributed by atoms with Gasteiger partial charge in [-0.15, -0.1) is 10.2 Å². The van der Waals surface area contributed by atoms with Crippen molar-refractivity contribution in [1.82, 2.24) is 35.5 Å². The van der Waals surface area contributed by atoms with Crippen molar-refractivity contribution in [3.63, 3.8) is 0 Å². The molecule has 0 radical (unpaired) electrons. The van der Waals surface area contributed by atoms with Crippen molar-refractivity contribution in [2.24, 2.45) is 11.8 Å². The Morgan fingerprint density at radius 3 is 2.48 bits per heavy atom. The molecule has 2 aromatic heterocycles. The first-order valence-corrected chi connectivity index (χ1v) is 15.4. The maximum atomic E-state index is 12.9. The van der Waals surface area contributed by atoms with Crippen molar-refractivity contribution in [2.75, 3.05) is 5.75 Å². The predicted molar refractivity (Wildman–Crippen MR) is 171 cm³/mol. The molecule has 8 nitrogen and oxygen atoms in total. The Morgan fingerprint density at radius 1 is 1.05 bits per heavy atom. The number of imidazole rings is 1. The van der Waals surface area contributed by atoms with Gasteiger partial charge >= 0.3 is 0 Å². The fraction of sp³-hybridized carbons (Fsp3) is 0.364. The number of thiol groups is 1. The maximum Gasteiger partial charge on any atom is 0.224 e. The van der Waals surface area contributed by atoms with Gasteiger partial charge in [0.2, 0.25) is 11.7 Å². The van der Waals surface area contributed by atoms with Crippen LogP contribution in [0.25, 0.3) is 33.5 Å². The van der Waals surface area contributed by atoms with E-state index >= 15 is 0 Å². The number of aryl methyl sites for hydroxylation is 2. The predicted octanol–water partition coefficient (Wildman–Crippen LogP) is 6.40. The molecule has 0 aliphatic rings. The third kappa shape index (κ3) is 6.26. The molecule has 0 spiro atoms. The summed E-state index contributed by atoms with van der Waals surface area (Å²) in [5.41, 5.74) is 8.59. The monoisotopic (exact) mass is 581 g/mol. The number of carbonyl (C=O) groups is 1. The Labute approximate surface area is 252 Å². The highest BCUT2D eigenvalue weighted by Crippen LogP contribution is 2.30. The second-order valence-corrected chi connectivity index (χ2v) is 11.4. The van der Waals surface area contributed by atoms with Gasteiger partial charge < -0.3 is 9.88 Å². The Morgan fingerprint density at radius 2 is 1.81 bits per heavy atom. The second kappa shape index (κ2) is 13.3. The minimum atomic E-state index is -0.0907. The fourth-order valence-electron chi connectivity index (χ4n) is 5.51. The first-order chi connectivity index (χ1) is 20.4.